The average Bonchev–Trinajstić information content (AvgIpc) is 3.08. The topological polar surface area (TPSA) is 140 Å². The third kappa shape index (κ3) is 8.94. The van der Waals surface area contributed by atoms with E-state index in [4.69, 9.17) is 14.2 Å². The van der Waals surface area contributed by atoms with Crippen LogP contribution in [0.15, 0.2) is 72.8 Å². The molecule has 0 fully saturated rings. The van der Waals surface area contributed by atoms with Crippen molar-refractivity contribution in [1.29, 1.82) is 0 Å². The fraction of sp³-hybridized carbons (Fsp3) is 0.308. The van der Waals surface area contributed by atoms with Crippen molar-refractivity contribution >= 4 is 17.3 Å². The Hall–Kier alpha value is -5.31. The normalized spacial score (nSPS) is 10.8. The summed E-state index contributed by atoms with van der Waals surface area (Å²) in [6.45, 7) is 7.45. The number of hydrogen-bond donors (Lipinski definition) is 3. The Labute approximate surface area is 280 Å². The number of phenolic OH excluding ortho intramolecular Hbond substituents is 3. The third-order valence-corrected chi connectivity index (χ3v) is 7.66. The average molecular weight is 655 g/mol. The fourth-order valence-corrected chi connectivity index (χ4v) is 4.87. The Morgan fingerprint density at radius 2 is 0.729 bits per heavy atom. The van der Waals surface area contributed by atoms with Gasteiger partial charge >= 0.3 is 0 Å². The van der Waals surface area contributed by atoms with Gasteiger partial charge in [-0.05, 0) is 73.9 Å². The van der Waals surface area contributed by atoms with Crippen LogP contribution in [0.2, 0.25) is 0 Å². The molecule has 0 saturated heterocycles. The first-order valence-corrected chi connectivity index (χ1v) is 16.3. The zero-order valence-electron chi connectivity index (χ0n) is 27.6. The summed E-state index contributed by atoms with van der Waals surface area (Å²) in [6.07, 6.45) is 5.28. The van der Waals surface area contributed by atoms with Gasteiger partial charge < -0.3 is 29.5 Å². The summed E-state index contributed by atoms with van der Waals surface area (Å²) in [5.74, 6) is -1.74. The van der Waals surface area contributed by atoms with Crippen molar-refractivity contribution in [3.63, 3.8) is 0 Å². The Morgan fingerprint density at radius 3 is 0.958 bits per heavy atom. The monoisotopic (exact) mass is 654 g/mol. The number of carbonyl (C=O) groups excluding carboxylic acids is 3. The van der Waals surface area contributed by atoms with Crippen molar-refractivity contribution in [1.82, 2.24) is 0 Å². The number of aromatic hydroxyl groups is 3. The van der Waals surface area contributed by atoms with Crippen LogP contribution in [0.25, 0.3) is 0 Å². The number of phenols is 3. The van der Waals surface area contributed by atoms with Gasteiger partial charge in [-0.25, -0.2) is 0 Å². The van der Waals surface area contributed by atoms with E-state index in [1.807, 2.05) is 20.8 Å². The van der Waals surface area contributed by atoms with Crippen molar-refractivity contribution in [3.05, 3.63) is 106 Å². The minimum Gasteiger partial charge on any atom is -0.507 e. The highest BCUT2D eigenvalue weighted by molar-refractivity contribution is 6.18. The number of ketones is 3. The van der Waals surface area contributed by atoms with Crippen LogP contribution >= 0.6 is 0 Å². The largest absolute Gasteiger partial charge is 0.507 e. The van der Waals surface area contributed by atoms with E-state index >= 15 is 0 Å². The molecule has 0 unspecified atom stereocenters. The van der Waals surface area contributed by atoms with Crippen LogP contribution in [-0.2, 0) is 0 Å². The zero-order chi connectivity index (χ0) is 34.6. The Morgan fingerprint density at radius 1 is 0.458 bits per heavy atom. The quantitative estimate of drug-likeness (QED) is 0.0718. The molecule has 0 bridgehead atoms. The molecule has 4 rings (SSSR count). The van der Waals surface area contributed by atoms with E-state index in [2.05, 4.69) is 0 Å². The molecule has 0 spiro atoms. The van der Waals surface area contributed by atoms with Crippen LogP contribution in [0.5, 0.6) is 34.5 Å². The van der Waals surface area contributed by atoms with Gasteiger partial charge in [0.25, 0.3) is 0 Å². The first-order chi connectivity index (χ1) is 23.2. The molecule has 9 nitrogen and oxygen atoms in total. The fourth-order valence-electron chi connectivity index (χ4n) is 4.87. The molecule has 9 heteroatoms. The Kier molecular flexibility index (Phi) is 12.6. The summed E-state index contributed by atoms with van der Waals surface area (Å²) >= 11 is 0. The second kappa shape index (κ2) is 17.0. The molecular formula is C39H42O9. The molecular weight excluding hydrogens is 612 g/mol. The summed E-state index contributed by atoms with van der Waals surface area (Å²) in [4.78, 5) is 41.3. The molecule has 0 heterocycles. The van der Waals surface area contributed by atoms with Gasteiger partial charge in [-0.3, -0.25) is 14.4 Å². The third-order valence-electron chi connectivity index (χ3n) is 7.66. The SMILES string of the molecule is CCCCOc1ccc(C(=O)c2cc(C(=O)c3ccc(OCCCC)cc3O)cc(C(=O)c3ccc(OCCCC)cc3O)c2)c(O)c1. The van der Waals surface area contributed by atoms with Gasteiger partial charge in [-0.2, -0.15) is 0 Å². The summed E-state index contributed by atoms with van der Waals surface area (Å²) in [6, 6.07) is 16.9. The van der Waals surface area contributed by atoms with Crippen molar-refractivity contribution < 1.29 is 43.9 Å². The predicted molar refractivity (Wildman–Crippen MR) is 182 cm³/mol. The zero-order valence-corrected chi connectivity index (χ0v) is 27.6. The van der Waals surface area contributed by atoms with Crippen molar-refractivity contribution in [3.8, 4) is 34.5 Å². The number of ether oxygens (including phenoxy) is 3. The van der Waals surface area contributed by atoms with Crippen LogP contribution < -0.4 is 14.2 Å². The first kappa shape index (κ1) is 35.5. The molecule has 4 aromatic rings. The molecule has 0 radical (unpaired) electrons. The van der Waals surface area contributed by atoms with E-state index < -0.39 is 17.3 Å². The van der Waals surface area contributed by atoms with Crippen LogP contribution in [0.3, 0.4) is 0 Å². The van der Waals surface area contributed by atoms with Gasteiger partial charge in [0.1, 0.15) is 34.5 Å². The van der Waals surface area contributed by atoms with Gasteiger partial charge in [-0.15, -0.1) is 0 Å². The van der Waals surface area contributed by atoms with E-state index in [1.165, 1.54) is 54.6 Å². The molecule has 0 aromatic heterocycles. The lowest BCUT2D eigenvalue weighted by molar-refractivity contribution is 0.103. The molecule has 0 saturated carbocycles. The van der Waals surface area contributed by atoms with E-state index in [9.17, 15) is 29.7 Å². The highest BCUT2D eigenvalue weighted by Gasteiger charge is 2.24. The van der Waals surface area contributed by atoms with Gasteiger partial charge in [0.15, 0.2) is 17.3 Å². The number of rotatable bonds is 18. The maximum atomic E-state index is 13.8. The van der Waals surface area contributed by atoms with Gasteiger partial charge in [0, 0.05) is 34.9 Å². The molecule has 0 aliphatic carbocycles. The molecule has 48 heavy (non-hydrogen) atoms. The number of hydrogen-bond acceptors (Lipinski definition) is 9. The molecule has 0 aliphatic rings. The Bertz CT molecular complexity index is 1540. The van der Waals surface area contributed by atoms with Crippen molar-refractivity contribution in [2.24, 2.45) is 0 Å². The molecule has 4 aromatic carbocycles. The maximum Gasteiger partial charge on any atom is 0.196 e. The molecule has 0 amide bonds. The lowest BCUT2D eigenvalue weighted by Gasteiger charge is -2.13. The smallest absolute Gasteiger partial charge is 0.196 e. The summed E-state index contributed by atoms with van der Waals surface area (Å²) in [5, 5.41) is 32.2. The van der Waals surface area contributed by atoms with Gasteiger partial charge in [0.05, 0.1) is 36.5 Å². The predicted octanol–water partition coefficient (Wildman–Crippen LogP) is 8.03. The standard InChI is InChI=1S/C39H42O9/c1-4-7-16-46-28-10-13-31(34(40)22-28)37(43)25-19-26(38(44)32-14-11-29(23-35(32)41)47-17-8-5-2)21-27(20-25)39(45)33-15-12-30(24-36(33)42)48-18-9-6-3/h10-15,19-24,40-42H,4-9,16-18H2,1-3H3. The van der Waals surface area contributed by atoms with Crippen LogP contribution in [-0.4, -0.2) is 52.5 Å². The molecule has 0 aliphatic heterocycles. The maximum absolute atomic E-state index is 13.8. The van der Waals surface area contributed by atoms with E-state index in [0.29, 0.717) is 37.1 Å². The van der Waals surface area contributed by atoms with E-state index in [0.717, 1.165) is 38.5 Å². The highest BCUT2D eigenvalue weighted by Crippen LogP contribution is 2.31. The Balaban J connectivity index is 1.73. The van der Waals surface area contributed by atoms with Crippen molar-refractivity contribution in [2.45, 2.75) is 59.3 Å². The second-order valence-electron chi connectivity index (χ2n) is 11.4. The summed E-state index contributed by atoms with van der Waals surface area (Å²) in [5.41, 5.74) is -0.359. The van der Waals surface area contributed by atoms with Crippen LogP contribution in [0.1, 0.15) is 107 Å². The number of carbonyl (C=O) groups is 3. The number of unbranched alkanes of at least 4 members (excludes halogenated alkanes) is 3. The lowest BCUT2D eigenvalue weighted by atomic mass is 9.91. The summed E-state index contributed by atoms with van der Waals surface area (Å²) < 4.78 is 16.9. The first-order valence-electron chi connectivity index (χ1n) is 16.3. The number of benzene rings is 4. The van der Waals surface area contributed by atoms with E-state index in [-0.39, 0.29) is 50.6 Å². The van der Waals surface area contributed by atoms with Crippen LogP contribution in [0, 0.1) is 0 Å². The lowest BCUT2D eigenvalue weighted by Crippen LogP contribution is -2.11. The highest BCUT2D eigenvalue weighted by atomic mass is 16.5. The summed E-state index contributed by atoms with van der Waals surface area (Å²) in [7, 11) is 0. The molecule has 252 valence electrons. The van der Waals surface area contributed by atoms with E-state index in [1.54, 1.807) is 18.2 Å². The minimum atomic E-state index is -0.649. The van der Waals surface area contributed by atoms with Crippen molar-refractivity contribution in [2.75, 3.05) is 19.8 Å². The molecule has 0 atom stereocenters. The second-order valence-corrected chi connectivity index (χ2v) is 11.4. The minimum absolute atomic E-state index is 0.0582. The molecule has 3 N–H and O–H groups in total. The van der Waals surface area contributed by atoms with Crippen LogP contribution in [0.4, 0.5) is 0 Å². The van der Waals surface area contributed by atoms with Gasteiger partial charge in [0.2, 0.25) is 0 Å². The van der Waals surface area contributed by atoms with Gasteiger partial charge in [-0.1, -0.05) is 40.0 Å².